The van der Waals surface area contributed by atoms with Crippen LogP contribution in [-0.2, 0) is 4.79 Å². The van der Waals surface area contributed by atoms with Crippen LogP contribution in [0.4, 0.5) is 0 Å². The lowest BCUT2D eigenvalue weighted by atomic mass is 10.1. The second-order valence-electron chi connectivity index (χ2n) is 2.67. The molecule has 0 aromatic heterocycles. The molecule has 1 aromatic carbocycles. The summed E-state index contributed by atoms with van der Waals surface area (Å²) in [5.41, 5.74) is -0.0862. The van der Waals surface area contributed by atoms with Crippen LogP contribution in [0.1, 0.15) is 11.7 Å². The summed E-state index contributed by atoms with van der Waals surface area (Å²) in [4.78, 5) is 10.4. The summed E-state index contributed by atoms with van der Waals surface area (Å²) in [5.74, 6) is -1.33. The lowest BCUT2D eigenvalue weighted by Gasteiger charge is -2.09. The number of aliphatic hydroxyl groups excluding tert-OH is 1. The number of benzene rings is 1. The van der Waals surface area contributed by atoms with E-state index in [0.717, 1.165) is 0 Å². The second kappa shape index (κ2) is 3.97. The van der Waals surface area contributed by atoms with E-state index >= 15 is 0 Å². The van der Waals surface area contributed by atoms with E-state index in [9.17, 15) is 15.0 Å². The third-order valence-electron chi connectivity index (χ3n) is 1.76. The fraction of sp³-hybridized carbons (Fsp3) is 0.222. The van der Waals surface area contributed by atoms with E-state index in [1.54, 1.807) is 0 Å². The molecule has 0 amide bonds. The maximum absolute atomic E-state index is 10.4. The van der Waals surface area contributed by atoms with Crippen molar-refractivity contribution < 1.29 is 24.9 Å². The highest BCUT2D eigenvalue weighted by molar-refractivity contribution is 5.75. The van der Waals surface area contributed by atoms with Crippen LogP contribution in [0.25, 0.3) is 0 Å². The zero-order valence-electron chi connectivity index (χ0n) is 7.47. The van der Waals surface area contributed by atoms with Crippen LogP contribution in [0.15, 0.2) is 18.2 Å². The fourth-order valence-corrected chi connectivity index (χ4v) is 1.01. The number of hydrogen-bond donors (Lipinski definition) is 3. The molecule has 5 heteroatoms. The molecule has 0 radical (unpaired) electrons. The van der Waals surface area contributed by atoms with Crippen LogP contribution >= 0.6 is 0 Å². The van der Waals surface area contributed by atoms with Crippen molar-refractivity contribution in [3.63, 3.8) is 0 Å². The molecule has 0 heterocycles. The lowest BCUT2D eigenvalue weighted by molar-refractivity contribution is -0.147. The molecular weight excluding hydrogens is 188 g/mol. The number of rotatable bonds is 3. The van der Waals surface area contributed by atoms with Crippen molar-refractivity contribution in [1.29, 1.82) is 0 Å². The van der Waals surface area contributed by atoms with E-state index in [1.807, 2.05) is 0 Å². The van der Waals surface area contributed by atoms with Gasteiger partial charge in [-0.1, -0.05) is 0 Å². The van der Waals surface area contributed by atoms with Crippen LogP contribution < -0.4 is 4.74 Å². The average molecular weight is 198 g/mol. The van der Waals surface area contributed by atoms with Crippen LogP contribution in [-0.4, -0.2) is 28.4 Å². The van der Waals surface area contributed by atoms with Crippen molar-refractivity contribution in [2.24, 2.45) is 0 Å². The van der Waals surface area contributed by atoms with Crippen molar-refractivity contribution in [2.75, 3.05) is 7.11 Å². The Labute approximate surface area is 80.2 Å². The minimum Gasteiger partial charge on any atom is -0.508 e. The normalized spacial score (nSPS) is 12.1. The molecule has 0 saturated carbocycles. The molecule has 5 nitrogen and oxygen atoms in total. The first-order chi connectivity index (χ1) is 6.56. The summed E-state index contributed by atoms with van der Waals surface area (Å²) in [7, 11) is 1.41. The minimum atomic E-state index is -1.75. The van der Waals surface area contributed by atoms with Crippen LogP contribution in [0, 0.1) is 0 Å². The molecule has 0 fully saturated rings. The van der Waals surface area contributed by atoms with Gasteiger partial charge in [0.25, 0.3) is 0 Å². The van der Waals surface area contributed by atoms with Gasteiger partial charge in [-0.2, -0.15) is 0 Å². The number of carboxylic acids is 1. The van der Waals surface area contributed by atoms with E-state index in [1.165, 1.54) is 25.3 Å². The van der Waals surface area contributed by atoms with Gasteiger partial charge in [0, 0.05) is 5.56 Å². The van der Waals surface area contributed by atoms with Crippen LogP contribution in [0.2, 0.25) is 0 Å². The number of ether oxygens (including phenoxy) is 1. The Kier molecular flexibility index (Phi) is 2.93. The molecule has 1 aromatic rings. The number of phenolic OH excluding ortho intramolecular Hbond substituents is 1. The maximum Gasteiger partial charge on any atom is 0.337 e. The zero-order valence-corrected chi connectivity index (χ0v) is 7.47. The highest BCUT2D eigenvalue weighted by atomic mass is 16.5. The highest BCUT2D eigenvalue weighted by Crippen LogP contribution is 2.28. The summed E-state index contributed by atoms with van der Waals surface area (Å²) < 4.78 is 4.82. The lowest BCUT2D eigenvalue weighted by Crippen LogP contribution is -2.10. The van der Waals surface area contributed by atoms with Gasteiger partial charge in [-0.15, -0.1) is 0 Å². The summed E-state index contributed by atoms with van der Waals surface area (Å²) >= 11 is 0. The second-order valence-corrected chi connectivity index (χ2v) is 2.67. The number of phenols is 1. The van der Waals surface area contributed by atoms with E-state index in [-0.39, 0.29) is 11.3 Å². The Morgan fingerprint density at radius 3 is 2.64 bits per heavy atom. The molecule has 0 aliphatic carbocycles. The smallest absolute Gasteiger partial charge is 0.337 e. The highest BCUT2D eigenvalue weighted by Gasteiger charge is 2.20. The third kappa shape index (κ3) is 1.94. The number of aliphatic hydroxyl groups is 1. The van der Waals surface area contributed by atoms with Crippen LogP contribution in [0.3, 0.4) is 0 Å². The fourth-order valence-electron chi connectivity index (χ4n) is 1.01. The van der Waals surface area contributed by atoms with E-state index < -0.39 is 12.1 Å². The number of aliphatic carboxylic acids is 1. The van der Waals surface area contributed by atoms with E-state index in [2.05, 4.69) is 0 Å². The first kappa shape index (κ1) is 10.3. The summed E-state index contributed by atoms with van der Waals surface area (Å²) in [6, 6.07) is 4.00. The molecule has 76 valence electrons. The molecule has 0 aliphatic heterocycles. The predicted octanol–water partition coefficient (Wildman–Crippen LogP) is 0.519. The zero-order chi connectivity index (χ0) is 10.7. The average Bonchev–Trinajstić information content (AvgIpc) is 2.17. The van der Waals surface area contributed by atoms with Gasteiger partial charge in [-0.3, -0.25) is 0 Å². The number of carbonyl (C=O) groups is 1. The van der Waals surface area contributed by atoms with Crippen molar-refractivity contribution in [3.8, 4) is 11.5 Å². The molecule has 3 N–H and O–H groups in total. The first-order valence-electron chi connectivity index (χ1n) is 3.84. The number of hydrogen-bond acceptors (Lipinski definition) is 4. The molecule has 14 heavy (non-hydrogen) atoms. The van der Waals surface area contributed by atoms with Gasteiger partial charge < -0.3 is 20.1 Å². The molecular formula is C9H10O5. The number of methoxy groups -OCH3 is 1. The maximum atomic E-state index is 10.4. The Balaban J connectivity index is 3.11. The van der Waals surface area contributed by atoms with Gasteiger partial charge in [-0.25, -0.2) is 4.79 Å². The third-order valence-corrected chi connectivity index (χ3v) is 1.76. The minimum absolute atomic E-state index is 0.0862. The molecule has 0 unspecified atom stereocenters. The summed E-state index contributed by atoms with van der Waals surface area (Å²) in [6.45, 7) is 0. The van der Waals surface area contributed by atoms with Gasteiger partial charge in [0.05, 0.1) is 7.11 Å². The molecule has 0 spiro atoms. The Morgan fingerprint density at radius 2 is 2.14 bits per heavy atom. The van der Waals surface area contributed by atoms with Gasteiger partial charge in [0.2, 0.25) is 0 Å². The van der Waals surface area contributed by atoms with Gasteiger partial charge in [0.1, 0.15) is 11.5 Å². The first-order valence-corrected chi connectivity index (χ1v) is 3.84. The van der Waals surface area contributed by atoms with Crippen molar-refractivity contribution >= 4 is 5.97 Å². The quantitative estimate of drug-likeness (QED) is 0.659. The Hall–Kier alpha value is -1.75. The SMILES string of the molecule is COc1ccc(O)c([C@@H](O)C(=O)O)c1. The molecule has 1 atom stereocenters. The topological polar surface area (TPSA) is 87.0 Å². The Morgan fingerprint density at radius 1 is 1.50 bits per heavy atom. The van der Waals surface area contributed by atoms with Crippen molar-refractivity contribution in [2.45, 2.75) is 6.10 Å². The van der Waals surface area contributed by atoms with Crippen molar-refractivity contribution in [1.82, 2.24) is 0 Å². The van der Waals surface area contributed by atoms with Gasteiger partial charge in [0.15, 0.2) is 6.10 Å². The van der Waals surface area contributed by atoms with Gasteiger partial charge in [-0.05, 0) is 18.2 Å². The van der Waals surface area contributed by atoms with Gasteiger partial charge >= 0.3 is 5.97 Å². The van der Waals surface area contributed by atoms with Crippen molar-refractivity contribution in [3.05, 3.63) is 23.8 Å². The summed E-state index contributed by atoms with van der Waals surface area (Å²) in [6.07, 6.45) is -1.75. The van der Waals surface area contributed by atoms with Crippen LogP contribution in [0.5, 0.6) is 11.5 Å². The predicted molar refractivity (Wildman–Crippen MR) is 47.3 cm³/mol. The standard InChI is InChI=1S/C9H10O5/c1-14-5-2-3-7(10)6(4-5)8(11)9(12)13/h2-4,8,10-11H,1H3,(H,12,13)/t8-/m1/s1. The van der Waals surface area contributed by atoms with E-state index in [0.29, 0.717) is 5.75 Å². The Bertz CT molecular complexity index is 347. The monoisotopic (exact) mass is 198 g/mol. The molecule has 0 aliphatic rings. The number of aromatic hydroxyl groups is 1. The molecule has 0 saturated heterocycles. The molecule has 0 bridgehead atoms. The largest absolute Gasteiger partial charge is 0.508 e. The van der Waals surface area contributed by atoms with E-state index in [4.69, 9.17) is 9.84 Å². The summed E-state index contributed by atoms with van der Waals surface area (Å²) in [5, 5.41) is 27.0. The molecule has 1 rings (SSSR count). The number of carboxylic acid groups (broad SMARTS) is 1.